The van der Waals surface area contributed by atoms with Crippen LogP contribution in [0.15, 0.2) is 81.2 Å². The molecule has 3 aromatic carbocycles. The molecule has 0 N–H and O–H groups in total. The lowest BCUT2D eigenvalue weighted by molar-refractivity contribution is 0.862. The van der Waals surface area contributed by atoms with Crippen molar-refractivity contribution in [1.82, 2.24) is 0 Å². The fourth-order valence-corrected chi connectivity index (χ4v) is 4.23. The Bertz CT molecular complexity index is 1060. The second-order valence-electron chi connectivity index (χ2n) is 7.80. The summed E-state index contributed by atoms with van der Waals surface area (Å²) in [5.41, 5.74) is 7.43. The second-order valence-corrected chi connectivity index (χ2v) is 10.0. The third kappa shape index (κ3) is 6.27. The van der Waals surface area contributed by atoms with Crippen molar-refractivity contribution in [2.24, 2.45) is 9.98 Å². The van der Waals surface area contributed by atoms with Crippen molar-refractivity contribution < 1.29 is 0 Å². The summed E-state index contributed by atoms with van der Waals surface area (Å²) in [6.07, 6.45) is 1.85. The Morgan fingerprint density at radius 1 is 0.871 bits per heavy atom. The van der Waals surface area contributed by atoms with Crippen molar-refractivity contribution in [1.29, 1.82) is 0 Å². The standard InChI is InChI=1S/C26H26BBr2N2/c1-17(2)21-12-8-13-22(19(4)28)25(21)31-18(3)16-30-26-23(14-9-15-24(26)29)27-20-10-6-5-7-11-20/h5-17,19H,1-4H3. The second kappa shape index (κ2) is 11.1. The smallest absolute Gasteiger partial charge is 0.194 e. The lowest BCUT2D eigenvalue weighted by Gasteiger charge is -2.16. The van der Waals surface area contributed by atoms with Gasteiger partial charge in [-0.1, -0.05) is 101 Å². The quantitative estimate of drug-likeness (QED) is 0.174. The Hall–Kier alpha value is -1.98. The molecule has 31 heavy (non-hydrogen) atoms. The molecular weight excluding hydrogens is 511 g/mol. The Balaban J connectivity index is 1.96. The van der Waals surface area contributed by atoms with Crippen LogP contribution in [0.3, 0.4) is 0 Å². The Morgan fingerprint density at radius 3 is 2.23 bits per heavy atom. The number of hydrogen-bond donors (Lipinski definition) is 0. The maximum atomic E-state index is 4.97. The molecule has 1 radical (unpaired) electrons. The van der Waals surface area contributed by atoms with Gasteiger partial charge in [0.1, 0.15) is 0 Å². The van der Waals surface area contributed by atoms with Crippen LogP contribution in [0.1, 0.15) is 49.6 Å². The maximum Gasteiger partial charge on any atom is 0.194 e. The van der Waals surface area contributed by atoms with E-state index in [0.29, 0.717) is 5.92 Å². The molecule has 0 saturated carbocycles. The van der Waals surface area contributed by atoms with Gasteiger partial charge in [-0.15, -0.1) is 0 Å². The molecule has 0 amide bonds. The molecule has 3 rings (SSSR count). The van der Waals surface area contributed by atoms with Crippen molar-refractivity contribution in [3.8, 4) is 0 Å². The van der Waals surface area contributed by atoms with Gasteiger partial charge in [-0.05, 0) is 52.9 Å². The Labute approximate surface area is 203 Å². The van der Waals surface area contributed by atoms with Crippen LogP contribution in [0.25, 0.3) is 0 Å². The molecule has 0 bridgehead atoms. The summed E-state index contributed by atoms with van der Waals surface area (Å²) in [6, 6.07) is 22.8. The third-order valence-electron chi connectivity index (χ3n) is 4.96. The fraction of sp³-hybridized carbons (Fsp3) is 0.231. The minimum atomic E-state index is 0.227. The van der Waals surface area contributed by atoms with E-state index >= 15 is 0 Å². The van der Waals surface area contributed by atoms with Gasteiger partial charge in [0.2, 0.25) is 0 Å². The predicted molar refractivity (Wildman–Crippen MR) is 144 cm³/mol. The van der Waals surface area contributed by atoms with Gasteiger partial charge in [-0.2, -0.15) is 0 Å². The van der Waals surface area contributed by atoms with Crippen LogP contribution in [0.4, 0.5) is 11.4 Å². The van der Waals surface area contributed by atoms with Gasteiger partial charge in [0, 0.05) is 15.5 Å². The van der Waals surface area contributed by atoms with Crippen molar-refractivity contribution >= 4 is 73.4 Å². The summed E-state index contributed by atoms with van der Waals surface area (Å²) < 4.78 is 0.957. The van der Waals surface area contributed by atoms with E-state index in [0.717, 1.165) is 32.5 Å². The molecule has 0 aromatic heterocycles. The van der Waals surface area contributed by atoms with E-state index < -0.39 is 0 Å². The van der Waals surface area contributed by atoms with E-state index in [9.17, 15) is 0 Å². The Morgan fingerprint density at radius 2 is 1.55 bits per heavy atom. The molecule has 0 aliphatic rings. The largest absolute Gasteiger partial charge is 0.254 e. The number of nitrogens with zero attached hydrogens (tertiary/aromatic N) is 2. The SMILES string of the molecule is CC(C=Nc1c(Br)cccc1[B]c1ccccc1)=Nc1c(C(C)C)cccc1C(C)Br. The van der Waals surface area contributed by atoms with Gasteiger partial charge in [-0.25, -0.2) is 0 Å². The molecule has 0 aliphatic heterocycles. The summed E-state index contributed by atoms with van der Waals surface area (Å²) >= 11 is 7.38. The van der Waals surface area contributed by atoms with E-state index in [1.54, 1.807) is 0 Å². The average molecular weight is 537 g/mol. The molecule has 3 aromatic rings. The van der Waals surface area contributed by atoms with E-state index in [2.05, 4.69) is 96.3 Å². The molecule has 0 spiro atoms. The zero-order chi connectivity index (χ0) is 22.4. The van der Waals surface area contributed by atoms with Gasteiger partial charge in [-0.3, -0.25) is 9.98 Å². The highest BCUT2D eigenvalue weighted by Crippen LogP contribution is 2.37. The fourth-order valence-electron chi connectivity index (χ4n) is 3.37. The molecule has 1 atom stereocenters. The van der Waals surface area contributed by atoms with Gasteiger partial charge in [0.15, 0.2) is 7.28 Å². The van der Waals surface area contributed by atoms with Crippen LogP contribution < -0.4 is 10.9 Å². The number of rotatable bonds is 7. The molecular formula is C26H26BBr2N2. The number of benzene rings is 3. The summed E-state index contributed by atoms with van der Waals surface area (Å²) in [7, 11) is 2.14. The highest BCUT2D eigenvalue weighted by atomic mass is 79.9. The summed E-state index contributed by atoms with van der Waals surface area (Å²) in [5.74, 6) is 0.394. The van der Waals surface area contributed by atoms with Crippen LogP contribution in [-0.2, 0) is 0 Å². The molecule has 0 heterocycles. The van der Waals surface area contributed by atoms with Gasteiger partial charge < -0.3 is 0 Å². The first-order valence-corrected chi connectivity index (χ1v) is 12.1. The molecule has 157 valence electrons. The van der Waals surface area contributed by atoms with Crippen molar-refractivity contribution in [3.63, 3.8) is 0 Å². The predicted octanol–water partition coefficient (Wildman–Crippen LogP) is 7.18. The van der Waals surface area contributed by atoms with Crippen LogP contribution in [0.5, 0.6) is 0 Å². The minimum Gasteiger partial charge on any atom is -0.254 e. The van der Waals surface area contributed by atoms with Crippen LogP contribution in [-0.4, -0.2) is 19.2 Å². The lowest BCUT2D eigenvalue weighted by atomic mass is 9.63. The van der Waals surface area contributed by atoms with E-state index in [4.69, 9.17) is 9.98 Å². The van der Waals surface area contributed by atoms with Crippen LogP contribution in [0, 0.1) is 0 Å². The highest BCUT2D eigenvalue weighted by molar-refractivity contribution is 9.10. The van der Waals surface area contributed by atoms with Crippen LogP contribution in [0.2, 0.25) is 0 Å². The zero-order valence-corrected chi connectivity index (χ0v) is 21.5. The number of para-hydroxylation sites is 2. The van der Waals surface area contributed by atoms with Gasteiger partial charge in [0.25, 0.3) is 0 Å². The molecule has 0 saturated heterocycles. The number of halogens is 2. The molecule has 5 heteroatoms. The summed E-state index contributed by atoms with van der Waals surface area (Å²) in [4.78, 5) is 10.00. The monoisotopic (exact) mass is 535 g/mol. The first-order chi connectivity index (χ1) is 14.9. The van der Waals surface area contributed by atoms with E-state index in [1.807, 2.05) is 43.5 Å². The number of hydrogen-bond acceptors (Lipinski definition) is 2. The Kier molecular flexibility index (Phi) is 8.45. The van der Waals surface area contributed by atoms with Gasteiger partial charge >= 0.3 is 0 Å². The van der Waals surface area contributed by atoms with E-state index in [-0.39, 0.29) is 4.83 Å². The summed E-state index contributed by atoms with van der Waals surface area (Å²) in [5, 5.41) is 0. The molecule has 1 unspecified atom stereocenters. The first kappa shape index (κ1) is 23.7. The maximum absolute atomic E-state index is 4.97. The van der Waals surface area contributed by atoms with Gasteiger partial charge in [0.05, 0.1) is 17.1 Å². The van der Waals surface area contributed by atoms with Crippen molar-refractivity contribution in [3.05, 3.63) is 82.3 Å². The first-order valence-electron chi connectivity index (χ1n) is 10.4. The van der Waals surface area contributed by atoms with Crippen molar-refractivity contribution in [2.45, 2.75) is 38.4 Å². The molecule has 0 aliphatic carbocycles. The zero-order valence-electron chi connectivity index (χ0n) is 18.3. The summed E-state index contributed by atoms with van der Waals surface area (Å²) in [6.45, 7) is 8.54. The molecule has 2 nitrogen and oxygen atoms in total. The lowest BCUT2D eigenvalue weighted by Crippen LogP contribution is -2.27. The number of alkyl halides is 1. The molecule has 0 fully saturated rings. The van der Waals surface area contributed by atoms with E-state index in [1.165, 1.54) is 11.1 Å². The minimum absolute atomic E-state index is 0.227. The number of aliphatic imine (C=N–C) groups is 2. The topological polar surface area (TPSA) is 24.7 Å². The highest BCUT2D eigenvalue weighted by Gasteiger charge is 2.14. The van der Waals surface area contributed by atoms with Crippen LogP contribution >= 0.6 is 31.9 Å². The third-order valence-corrected chi connectivity index (χ3v) is 6.09. The average Bonchev–Trinajstić information content (AvgIpc) is 2.74. The normalized spacial score (nSPS) is 13.1. The van der Waals surface area contributed by atoms with Crippen molar-refractivity contribution in [2.75, 3.05) is 0 Å².